The van der Waals surface area contributed by atoms with E-state index in [0.717, 1.165) is 19.3 Å². The highest BCUT2D eigenvalue weighted by atomic mass is 32.1. The molecule has 1 aliphatic carbocycles. The Morgan fingerprint density at radius 3 is 2.74 bits per heavy atom. The van der Waals surface area contributed by atoms with Gasteiger partial charge in [-0.1, -0.05) is 6.92 Å². The molecule has 6 nitrogen and oxygen atoms in total. The topological polar surface area (TPSA) is 81.7 Å². The van der Waals surface area contributed by atoms with Crippen molar-refractivity contribution in [2.24, 2.45) is 5.92 Å². The number of hydrogen-bond donors (Lipinski definition) is 1. The van der Waals surface area contributed by atoms with Crippen molar-refractivity contribution in [3.05, 3.63) is 21.4 Å². The van der Waals surface area contributed by atoms with Gasteiger partial charge in [0.05, 0.1) is 25.5 Å². The maximum Gasteiger partial charge on any atom is 0.328 e. The van der Waals surface area contributed by atoms with E-state index >= 15 is 0 Å². The monoisotopic (exact) mass is 339 g/mol. The summed E-state index contributed by atoms with van der Waals surface area (Å²) in [6.45, 7) is 2.20. The Morgan fingerprint density at radius 1 is 1.35 bits per heavy atom. The molecule has 2 rings (SSSR count). The molecular formula is C16H21NO5S. The van der Waals surface area contributed by atoms with Gasteiger partial charge in [0.2, 0.25) is 0 Å². The van der Waals surface area contributed by atoms with E-state index in [9.17, 15) is 14.4 Å². The van der Waals surface area contributed by atoms with Crippen LogP contribution in [0.4, 0.5) is 0 Å². The minimum Gasteiger partial charge on any atom is -0.469 e. The van der Waals surface area contributed by atoms with Gasteiger partial charge in [-0.25, -0.2) is 4.79 Å². The summed E-state index contributed by atoms with van der Waals surface area (Å²) in [5.74, 6) is -0.995. The number of carbonyl (C=O) groups is 3. The van der Waals surface area contributed by atoms with E-state index in [1.54, 1.807) is 0 Å². The molecule has 0 radical (unpaired) electrons. The normalized spacial score (nSPS) is 17.8. The lowest BCUT2D eigenvalue weighted by molar-refractivity contribution is -0.149. The lowest BCUT2D eigenvalue weighted by atomic mass is 9.90. The van der Waals surface area contributed by atoms with Gasteiger partial charge in [-0.3, -0.25) is 9.59 Å². The average Bonchev–Trinajstić information content (AvgIpc) is 2.96. The third-order valence-corrected chi connectivity index (χ3v) is 5.18. The molecule has 1 aliphatic rings. The third kappa shape index (κ3) is 4.31. The van der Waals surface area contributed by atoms with Crippen molar-refractivity contribution >= 4 is 29.2 Å². The molecule has 1 amide bonds. The zero-order valence-corrected chi connectivity index (χ0v) is 14.3. The number of rotatable bonds is 5. The second-order valence-electron chi connectivity index (χ2n) is 5.74. The standard InChI is InChI=1S/C16H21NO5S/c1-9-4-5-12-10(6-9)7-13(23-12)15(19)17-11(16(20)22-3)8-14(18)21-2/h7,9,11H,4-6,8H2,1-3H3,(H,17,19)/t9-,11-/m0/s1. The van der Waals surface area contributed by atoms with Crippen LogP contribution in [-0.2, 0) is 31.9 Å². The van der Waals surface area contributed by atoms with E-state index in [1.165, 1.54) is 36.0 Å². The summed E-state index contributed by atoms with van der Waals surface area (Å²) in [5, 5.41) is 2.57. The van der Waals surface area contributed by atoms with Crippen molar-refractivity contribution in [3.63, 3.8) is 0 Å². The van der Waals surface area contributed by atoms with Crippen LogP contribution in [0.5, 0.6) is 0 Å². The zero-order valence-electron chi connectivity index (χ0n) is 13.5. The van der Waals surface area contributed by atoms with Crippen molar-refractivity contribution in [1.82, 2.24) is 5.32 Å². The van der Waals surface area contributed by atoms with Crippen LogP contribution in [0.15, 0.2) is 6.07 Å². The van der Waals surface area contributed by atoms with Crippen LogP contribution in [0, 0.1) is 5.92 Å². The summed E-state index contributed by atoms with van der Waals surface area (Å²) in [6, 6.07) is 0.843. The van der Waals surface area contributed by atoms with Gasteiger partial charge in [0, 0.05) is 4.88 Å². The number of thiophene rings is 1. The first-order chi connectivity index (χ1) is 10.9. The zero-order chi connectivity index (χ0) is 17.0. The van der Waals surface area contributed by atoms with Crippen molar-refractivity contribution in [2.45, 2.75) is 38.6 Å². The molecule has 1 N–H and O–H groups in total. The van der Waals surface area contributed by atoms with Crippen LogP contribution in [0.1, 0.15) is 39.9 Å². The summed E-state index contributed by atoms with van der Waals surface area (Å²) < 4.78 is 9.18. The van der Waals surface area contributed by atoms with Crippen molar-refractivity contribution in [1.29, 1.82) is 0 Å². The van der Waals surface area contributed by atoms with E-state index in [2.05, 4.69) is 21.7 Å². The van der Waals surface area contributed by atoms with Crippen LogP contribution in [-0.4, -0.2) is 38.1 Å². The first-order valence-electron chi connectivity index (χ1n) is 7.51. The highest BCUT2D eigenvalue weighted by Gasteiger charge is 2.27. The molecule has 2 atom stereocenters. The highest BCUT2D eigenvalue weighted by molar-refractivity contribution is 7.14. The fourth-order valence-corrected chi connectivity index (χ4v) is 3.74. The lowest BCUT2D eigenvalue weighted by Gasteiger charge is -2.16. The van der Waals surface area contributed by atoms with Gasteiger partial charge < -0.3 is 14.8 Å². The Bertz CT molecular complexity index is 610. The van der Waals surface area contributed by atoms with Gasteiger partial charge >= 0.3 is 11.9 Å². The van der Waals surface area contributed by atoms with Gasteiger partial charge in [-0.15, -0.1) is 11.3 Å². The summed E-state index contributed by atoms with van der Waals surface area (Å²) in [6.07, 6.45) is 2.83. The van der Waals surface area contributed by atoms with Crippen LogP contribution in [0.3, 0.4) is 0 Å². The molecule has 1 aromatic rings. The first kappa shape index (κ1) is 17.5. The second kappa shape index (κ2) is 7.59. The van der Waals surface area contributed by atoms with Crippen LogP contribution in [0.25, 0.3) is 0 Å². The Kier molecular flexibility index (Phi) is 5.76. The predicted molar refractivity (Wildman–Crippen MR) is 85.4 cm³/mol. The smallest absolute Gasteiger partial charge is 0.328 e. The molecule has 0 aromatic carbocycles. The largest absolute Gasteiger partial charge is 0.469 e. The molecule has 0 fully saturated rings. The number of amides is 1. The Morgan fingerprint density at radius 2 is 2.09 bits per heavy atom. The maximum atomic E-state index is 12.4. The number of ether oxygens (including phenoxy) is 2. The Balaban J connectivity index is 2.09. The number of methoxy groups -OCH3 is 2. The summed E-state index contributed by atoms with van der Waals surface area (Å²) in [7, 11) is 2.44. The predicted octanol–water partition coefficient (Wildman–Crippen LogP) is 1.71. The molecule has 126 valence electrons. The number of esters is 2. The van der Waals surface area contributed by atoms with Crippen molar-refractivity contribution in [2.75, 3.05) is 14.2 Å². The second-order valence-corrected chi connectivity index (χ2v) is 6.87. The van der Waals surface area contributed by atoms with Crippen LogP contribution in [0.2, 0.25) is 0 Å². The molecular weight excluding hydrogens is 318 g/mol. The quantitative estimate of drug-likeness (QED) is 0.826. The van der Waals surface area contributed by atoms with E-state index in [0.29, 0.717) is 10.8 Å². The number of aryl methyl sites for hydroxylation is 1. The van der Waals surface area contributed by atoms with Gasteiger partial charge in [0.15, 0.2) is 0 Å². The van der Waals surface area contributed by atoms with E-state index in [-0.39, 0.29) is 12.3 Å². The van der Waals surface area contributed by atoms with Gasteiger partial charge in [0.1, 0.15) is 6.04 Å². The van der Waals surface area contributed by atoms with Crippen LogP contribution >= 0.6 is 11.3 Å². The van der Waals surface area contributed by atoms with Gasteiger partial charge in [-0.05, 0) is 36.8 Å². The van der Waals surface area contributed by atoms with Gasteiger partial charge in [0.25, 0.3) is 5.91 Å². The molecule has 0 bridgehead atoms. The summed E-state index contributed by atoms with van der Waals surface area (Å²) in [5.41, 5.74) is 1.21. The molecule has 1 heterocycles. The SMILES string of the molecule is COC(=O)C[C@H](NC(=O)c1cc2c(s1)CC[C@H](C)C2)C(=O)OC. The summed E-state index contributed by atoms with van der Waals surface area (Å²) >= 11 is 1.45. The third-order valence-electron chi connectivity index (χ3n) is 3.94. The van der Waals surface area contributed by atoms with E-state index < -0.39 is 18.0 Å². The molecule has 0 aliphatic heterocycles. The molecule has 0 saturated carbocycles. The number of fused-ring (bicyclic) bond motifs is 1. The fraction of sp³-hybridized carbons (Fsp3) is 0.562. The average molecular weight is 339 g/mol. The van der Waals surface area contributed by atoms with Gasteiger partial charge in [-0.2, -0.15) is 0 Å². The Hall–Kier alpha value is -1.89. The molecule has 0 spiro atoms. The molecule has 0 unspecified atom stereocenters. The van der Waals surface area contributed by atoms with E-state index in [4.69, 9.17) is 0 Å². The maximum absolute atomic E-state index is 12.4. The minimum absolute atomic E-state index is 0.253. The van der Waals surface area contributed by atoms with Crippen LogP contribution < -0.4 is 5.32 Å². The Labute approximate surface area is 139 Å². The highest BCUT2D eigenvalue weighted by Crippen LogP contribution is 2.32. The van der Waals surface area contributed by atoms with E-state index in [1.807, 2.05) is 6.07 Å². The van der Waals surface area contributed by atoms with Crippen molar-refractivity contribution < 1.29 is 23.9 Å². The molecule has 0 saturated heterocycles. The summed E-state index contributed by atoms with van der Waals surface area (Å²) in [4.78, 5) is 37.3. The molecule has 1 aromatic heterocycles. The fourth-order valence-electron chi connectivity index (χ4n) is 2.63. The minimum atomic E-state index is -1.04. The first-order valence-corrected chi connectivity index (χ1v) is 8.33. The number of nitrogens with one attached hydrogen (secondary N) is 1. The number of carbonyl (C=O) groups excluding carboxylic acids is 3. The lowest BCUT2D eigenvalue weighted by Crippen LogP contribution is -2.42. The molecule has 7 heteroatoms. The van der Waals surface area contributed by atoms with Crippen molar-refractivity contribution in [3.8, 4) is 0 Å². The number of hydrogen-bond acceptors (Lipinski definition) is 6. The molecule has 23 heavy (non-hydrogen) atoms.